The number of carbonyl (C=O) groups excluding carboxylic acids is 1. The fourth-order valence-corrected chi connectivity index (χ4v) is 3.66. The minimum Gasteiger partial charge on any atom is -0.316 e. The van der Waals surface area contributed by atoms with E-state index in [-0.39, 0.29) is 18.9 Å². The van der Waals surface area contributed by atoms with Crippen molar-refractivity contribution in [3.63, 3.8) is 0 Å². The molecule has 2 rings (SSSR count). The molecule has 0 aliphatic heterocycles. The summed E-state index contributed by atoms with van der Waals surface area (Å²) in [4.78, 5) is 14.0. The Morgan fingerprint density at radius 2 is 1.62 bits per heavy atom. The van der Waals surface area contributed by atoms with Crippen LogP contribution in [0.5, 0.6) is 0 Å². The lowest BCUT2D eigenvalue weighted by Crippen LogP contribution is -2.32. The maximum atomic E-state index is 12.4. The van der Waals surface area contributed by atoms with Gasteiger partial charge in [0, 0.05) is 25.7 Å². The molecule has 2 aromatic carbocycles. The van der Waals surface area contributed by atoms with Crippen molar-refractivity contribution < 1.29 is 13.2 Å². The lowest BCUT2D eigenvalue weighted by molar-refractivity contribution is -0.118. The number of anilines is 2. The molecule has 2 aromatic rings. The zero-order chi connectivity index (χ0) is 19.3. The lowest BCUT2D eigenvalue weighted by atomic mass is 10.1. The third-order valence-electron chi connectivity index (χ3n) is 4.45. The fourth-order valence-electron chi connectivity index (χ4n) is 2.70. The van der Waals surface area contributed by atoms with Crippen LogP contribution in [0.1, 0.15) is 24.0 Å². The minimum absolute atomic E-state index is 0.0373. The first-order valence-electron chi connectivity index (χ1n) is 8.56. The van der Waals surface area contributed by atoms with E-state index in [4.69, 9.17) is 0 Å². The Morgan fingerprint density at radius 1 is 0.962 bits per heavy atom. The highest BCUT2D eigenvalue weighted by atomic mass is 32.2. The number of benzene rings is 2. The van der Waals surface area contributed by atoms with Gasteiger partial charge in [-0.1, -0.05) is 24.3 Å². The van der Waals surface area contributed by atoms with Crippen LogP contribution in [0.2, 0.25) is 0 Å². The fraction of sp³-hybridized carbons (Fsp3) is 0.350. The number of rotatable bonds is 7. The summed E-state index contributed by atoms with van der Waals surface area (Å²) in [7, 11) is -1.68. The second kappa shape index (κ2) is 8.36. The number of sulfonamides is 1. The number of carbonyl (C=O) groups is 1. The molecule has 0 spiro atoms. The highest BCUT2D eigenvalue weighted by molar-refractivity contribution is 7.92. The van der Waals surface area contributed by atoms with Crippen LogP contribution >= 0.6 is 0 Å². The van der Waals surface area contributed by atoms with Gasteiger partial charge in [-0.15, -0.1) is 0 Å². The van der Waals surface area contributed by atoms with Crippen LogP contribution in [0.15, 0.2) is 48.5 Å². The summed E-state index contributed by atoms with van der Waals surface area (Å²) in [5.74, 6) is -0.0373. The highest BCUT2D eigenvalue weighted by Crippen LogP contribution is 2.22. The van der Waals surface area contributed by atoms with Crippen molar-refractivity contribution in [3.8, 4) is 0 Å². The molecule has 140 valence electrons. The first-order valence-corrected chi connectivity index (χ1v) is 10.4. The third kappa shape index (κ3) is 5.08. The van der Waals surface area contributed by atoms with Crippen molar-refractivity contribution >= 4 is 27.3 Å². The summed E-state index contributed by atoms with van der Waals surface area (Å²) in [6.07, 6.45) is 1.93. The number of aryl methyl sites for hydroxylation is 2. The second-order valence-corrected chi connectivity index (χ2v) is 8.40. The van der Waals surface area contributed by atoms with Crippen LogP contribution in [-0.2, 0) is 14.8 Å². The normalized spacial score (nSPS) is 11.2. The van der Waals surface area contributed by atoms with Crippen molar-refractivity contribution in [3.05, 3.63) is 59.7 Å². The molecule has 0 saturated heterocycles. The van der Waals surface area contributed by atoms with E-state index in [1.807, 2.05) is 56.3 Å². The molecule has 0 N–H and O–H groups in total. The molecule has 26 heavy (non-hydrogen) atoms. The van der Waals surface area contributed by atoms with Gasteiger partial charge in [-0.3, -0.25) is 9.10 Å². The number of nitrogens with zero attached hydrogens (tertiary/aromatic N) is 2. The Kier molecular flexibility index (Phi) is 6.42. The van der Waals surface area contributed by atoms with Gasteiger partial charge in [0.15, 0.2) is 0 Å². The van der Waals surface area contributed by atoms with E-state index in [0.717, 1.165) is 16.8 Å². The third-order valence-corrected chi connectivity index (χ3v) is 5.64. The first-order chi connectivity index (χ1) is 12.2. The highest BCUT2D eigenvalue weighted by Gasteiger charge is 2.19. The average molecular weight is 375 g/mol. The van der Waals surface area contributed by atoms with Crippen LogP contribution in [-0.4, -0.2) is 34.2 Å². The Labute approximate surface area is 156 Å². The predicted octanol–water partition coefficient (Wildman–Crippen LogP) is 3.51. The van der Waals surface area contributed by atoms with E-state index >= 15 is 0 Å². The molecule has 0 unspecified atom stereocenters. The molecule has 0 saturated carbocycles. The SMILES string of the molecule is Cc1ccc(N(CCCC(=O)N(C)c2ccccc2)S(C)(=O)=O)cc1C. The van der Waals surface area contributed by atoms with E-state index in [2.05, 4.69) is 0 Å². The minimum atomic E-state index is -3.41. The van der Waals surface area contributed by atoms with Crippen molar-refractivity contribution in [1.29, 1.82) is 0 Å². The van der Waals surface area contributed by atoms with Crippen LogP contribution in [0.3, 0.4) is 0 Å². The molecule has 0 fully saturated rings. The summed E-state index contributed by atoms with van der Waals surface area (Å²) < 4.78 is 25.7. The summed E-state index contributed by atoms with van der Waals surface area (Å²) in [6.45, 7) is 4.22. The molecule has 5 nitrogen and oxygen atoms in total. The summed E-state index contributed by atoms with van der Waals surface area (Å²) in [6, 6.07) is 15.0. The van der Waals surface area contributed by atoms with Crippen LogP contribution in [0, 0.1) is 13.8 Å². The maximum absolute atomic E-state index is 12.4. The second-order valence-electron chi connectivity index (χ2n) is 6.50. The largest absolute Gasteiger partial charge is 0.316 e. The molecule has 0 aromatic heterocycles. The van der Waals surface area contributed by atoms with Gasteiger partial charge in [0.2, 0.25) is 15.9 Å². The van der Waals surface area contributed by atoms with Gasteiger partial charge in [-0.2, -0.15) is 0 Å². The van der Waals surface area contributed by atoms with Crippen molar-refractivity contribution in [2.24, 2.45) is 0 Å². The summed E-state index contributed by atoms with van der Waals surface area (Å²) in [5.41, 5.74) is 3.61. The predicted molar refractivity (Wildman–Crippen MR) is 107 cm³/mol. The number of hydrogen-bond acceptors (Lipinski definition) is 3. The molecule has 1 amide bonds. The molecule has 0 aliphatic rings. The molecule has 0 heterocycles. The van der Waals surface area contributed by atoms with E-state index < -0.39 is 10.0 Å². The number of para-hydroxylation sites is 1. The summed E-state index contributed by atoms with van der Waals surface area (Å²) in [5, 5.41) is 0. The van der Waals surface area contributed by atoms with Crippen molar-refractivity contribution in [1.82, 2.24) is 0 Å². The zero-order valence-electron chi connectivity index (χ0n) is 15.8. The zero-order valence-corrected chi connectivity index (χ0v) is 16.6. The van der Waals surface area contributed by atoms with Gasteiger partial charge in [0.1, 0.15) is 0 Å². The van der Waals surface area contributed by atoms with Gasteiger partial charge in [0.05, 0.1) is 11.9 Å². The van der Waals surface area contributed by atoms with Gasteiger partial charge in [-0.05, 0) is 55.7 Å². The van der Waals surface area contributed by atoms with Gasteiger partial charge in [-0.25, -0.2) is 8.42 Å². The topological polar surface area (TPSA) is 57.7 Å². The monoisotopic (exact) mass is 374 g/mol. The Bertz CT molecular complexity index is 864. The van der Waals surface area contributed by atoms with Gasteiger partial charge < -0.3 is 4.90 Å². The summed E-state index contributed by atoms with van der Waals surface area (Å²) >= 11 is 0. The van der Waals surface area contributed by atoms with E-state index in [9.17, 15) is 13.2 Å². The Morgan fingerprint density at radius 3 is 2.19 bits per heavy atom. The molecule has 6 heteroatoms. The van der Waals surface area contributed by atoms with Gasteiger partial charge in [0.25, 0.3) is 0 Å². The molecule has 0 atom stereocenters. The van der Waals surface area contributed by atoms with Crippen molar-refractivity contribution in [2.75, 3.05) is 29.1 Å². The number of amides is 1. The molecular weight excluding hydrogens is 348 g/mol. The Hall–Kier alpha value is -2.34. The first kappa shape index (κ1) is 20.0. The van der Waals surface area contributed by atoms with Crippen LogP contribution < -0.4 is 9.21 Å². The lowest BCUT2D eigenvalue weighted by Gasteiger charge is -2.24. The van der Waals surface area contributed by atoms with E-state index in [1.54, 1.807) is 18.0 Å². The number of hydrogen-bond donors (Lipinski definition) is 0. The quantitative estimate of drug-likeness (QED) is 0.745. The van der Waals surface area contributed by atoms with E-state index in [1.165, 1.54) is 10.6 Å². The maximum Gasteiger partial charge on any atom is 0.232 e. The molecule has 0 aliphatic carbocycles. The standard InChI is InChI=1S/C20H26N2O3S/c1-16-12-13-19(15-17(16)2)22(26(4,24)25)14-8-11-20(23)21(3)18-9-6-5-7-10-18/h5-7,9-10,12-13,15H,8,11,14H2,1-4H3. The average Bonchev–Trinajstić information content (AvgIpc) is 2.60. The molecule has 0 radical (unpaired) electrons. The molecule has 0 bridgehead atoms. The van der Waals surface area contributed by atoms with Crippen LogP contribution in [0.25, 0.3) is 0 Å². The van der Waals surface area contributed by atoms with Crippen molar-refractivity contribution in [2.45, 2.75) is 26.7 Å². The smallest absolute Gasteiger partial charge is 0.232 e. The van der Waals surface area contributed by atoms with Crippen LogP contribution in [0.4, 0.5) is 11.4 Å². The van der Waals surface area contributed by atoms with Gasteiger partial charge >= 0.3 is 0 Å². The Balaban J connectivity index is 2.04. The molecular formula is C20H26N2O3S. The van der Waals surface area contributed by atoms with E-state index in [0.29, 0.717) is 12.1 Å².